The molecule has 2 aliphatic heterocycles. The highest BCUT2D eigenvalue weighted by atomic mass is 16.6. The predicted octanol–water partition coefficient (Wildman–Crippen LogP) is 1.84. The quantitative estimate of drug-likeness (QED) is 0.411. The number of piperazine rings is 1. The summed E-state index contributed by atoms with van der Waals surface area (Å²) in [6.07, 6.45) is 4.18. The lowest BCUT2D eigenvalue weighted by Gasteiger charge is -2.36. The molecule has 31 heavy (non-hydrogen) atoms. The Labute approximate surface area is 180 Å². The van der Waals surface area contributed by atoms with Gasteiger partial charge in [-0.05, 0) is 18.9 Å². The van der Waals surface area contributed by atoms with Crippen molar-refractivity contribution in [1.82, 2.24) is 14.7 Å². The second kappa shape index (κ2) is 8.16. The molecule has 1 spiro atoms. The van der Waals surface area contributed by atoms with E-state index < -0.39 is 16.5 Å². The molecule has 2 heterocycles. The van der Waals surface area contributed by atoms with Gasteiger partial charge < -0.3 is 14.7 Å². The molecule has 0 unspecified atom stereocenters. The number of likely N-dealkylation sites (N-methyl/N-ethyl adjacent to an activating group) is 1. The third kappa shape index (κ3) is 3.70. The number of urea groups is 1. The van der Waals surface area contributed by atoms with Crippen molar-refractivity contribution in [1.29, 1.82) is 0 Å². The van der Waals surface area contributed by atoms with Crippen LogP contribution in [0.2, 0.25) is 0 Å². The molecule has 1 aromatic carbocycles. The number of nitrogens with zero attached hydrogens (tertiary/aromatic N) is 5. The van der Waals surface area contributed by atoms with E-state index in [-0.39, 0.29) is 24.0 Å². The highest BCUT2D eigenvalue weighted by Crippen LogP contribution is 2.39. The Morgan fingerprint density at radius 2 is 1.77 bits per heavy atom. The fraction of sp³-hybridized carbons (Fsp3) is 0.571. The summed E-state index contributed by atoms with van der Waals surface area (Å²) in [6, 6.07) is 6.04. The molecule has 0 aromatic heterocycles. The number of hydrogen-bond acceptors (Lipinski definition) is 6. The molecule has 0 N–H and O–H groups in total. The van der Waals surface area contributed by atoms with E-state index in [4.69, 9.17) is 0 Å². The summed E-state index contributed by atoms with van der Waals surface area (Å²) < 4.78 is 0. The van der Waals surface area contributed by atoms with Crippen LogP contribution in [-0.2, 0) is 9.59 Å². The number of benzene rings is 1. The van der Waals surface area contributed by atoms with Crippen LogP contribution in [0.25, 0.3) is 0 Å². The standard InChI is InChI=1S/C21H27N5O5/c1-22-20(29)25(19(28)21(22)8-3-2-4-9-21)15-18(27)24-12-10-23(11-13-24)16-6-5-7-17(14-16)26(30)31/h5-7,14H,2-4,8-13,15H2,1H3. The van der Waals surface area contributed by atoms with E-state index in [2.05, 4.69) is 0 Å². The number of non-ortho nitro benzene ring substituents is 1. The smallest absolute Gasteiger partial charge is 0.327 e. The van der Waals surface area contributed by atoms with Gasteiger partial charge in [-0.25, -0.2) is 4.79 Å². The molecule has 10 nitrogen and oxygen atoms in total. The number of carbonyl (C=O) groups excluding carboxylic acids is 3. The Balaban J connectivity index is 1.37. The van der Waals surface area contributed by atoms with Gasteiger partial charge in [0.25, 0.3) is 11.6 Å². The number of amides is 4. The van der Waals surface area contributed by atoms with Crippen LogP contribution in [0, 0.1) is 10.1 Å². The van der Waals surface area contributed by atoms with Crippen molar-refractivity contribution in [3.8, 4) is 0 Å². The second-order valence-corrected chi connectivity index (χ2v) is 8.47. The number of nitro groups is 1. The summed E-state index contributed by atoms with van der Waals surface area (Å²) in [4.78, 5) is 55.5. The van der Waals surface area contributed by atoms with Crippen LogP contribution < -0.4 is 4.90 Å². The van der Waals surface area contributed by atoms with Gasteiger partial charge in [0.05, 0.1) is 4.92 Å². The maximum atomic E-state index is 13.1. The highest BCUT2D eigenvalue weighted by Gasteiger charge is 2.56. The van der Waals surface area contributed by atoms with E-state index in [9.17, 15) is 24.5 Å². The first kappa shape index (κ1) is 21.1. The number of rotatable bonds is 4. The highest BCUT2D eigenvalue weighted by molar-refractivity contribution is 6.09. The Morgan fingerprint density at radius 3 is 2.42 bits per heavy atom. The predicted molar refractivity (Wildman–Crippen MR) is 113 cm³/mol. The molecule has 10 heteroatoms. The molecule has 4 rings (SSSR count). The molecule has 4 amide bonds. The minimum absolute atomic E-state index is 0.0304. The lowest BCUT2D eigenvalue weighted by molar-refractivity contribution is -0.384. The third-order valence-corrected chi connectivity index (χ3v) is 6.82. The fourth-order valence-electron chi connectivity index (χ4n) is 4.92. The summed E-state index contributed by atoms with van der Waals surface area (Å²) in [5, 5.41) is 11.0. The van der Waals surface area contributed by atoms with Crippen LogP contribution in [0.3, 0.4) is 0 Å². The van der Waals surface area contributed by atoms with Gasteiger partial charge in [-0.3, -0.25) is 24.6 Å². The minimum atomic E-state index is -0.781. The zero-order valence-corrected chi connectivity index (χ0v) is 17.7. The van der Waals surface area contributed by atoms with E-state index in [1.807, 2.05) is 11.0 Å². The Hall–Kier alpha value is -3.17. The molecule has 2 saturated heterocycles. The van der Waals surface area contributed by atoms with Gasteiger partial charge in [0.1, 0.15) is 12.1 Å². The van der Waals surface area contributed by atoms with Crippen molar-refractivity contribution in [3.63, 3.8) is 0 Å². The first-order valence-corrected chi connectivity index (χ1v) is 10.7. The molecule has 3 fully saturated rings. The first-order valence-electron chi connectivity index (χ1n) is 10.7. The van der Waals surface area contributed by atoms with Crippen LogP contribution >= 0.6 is 0 Å². The molecule has 0 bridgehead atoms. The molecule has 0 atom stereocenters. The molecule has 1 aliphatic carbocycles. The van der Waals surface area contributed by atoms with Gasteiger partial charge in [0.15, 0.2) is 0 Å². The van der Waals surface area contributed by atoms with Gasteiger partial charge in [0, 0.05) is 51.0 Å². The van der Waals surface area contributed by atoms with Gasteiger partial charge in [-0.1, -0.05) is 25.3 Å². The summed E-state index contributed by atoms with van der Waals surface area (Å²) in [5.41, 5.74) is -0.00837. The summed E-state index contributed by atoms with van der Waals surface area (Å²) in [7, 11) is 1.66. The van der Waals surface area contributed by atoms with Gasteiger partial charge in [-0.15, -0.1) is 0 Å². The average Bonchev–Trinajstić information content (AvgIpc) is 2.96. The molecular formula is C21H27N5O5. The molecule has 1 aromatic rings. The van der Waals surface area contributed by atoms with Gasteiger partial charge >= 0.3 is 6.03 Å². The Bertz CT molecular complexity index is 905. The van der Waals surface area contributed by atoms with Crippen molar-refractivity contribution < 1.29 is 19.3 Å². The van der Waals surface area contributed by atoms with Crippen molar-refractivity contribution in [2.45, 2.75) is 37.6 Å². The fourth-order valence-corrected chi connectivity index (χ4v) is 4.92. The number of nitro benzene ring substituents is 1. The summed E-state index contributed by atoms with van der Waals surface area (Å²) in [5.74, 6) is -0.495. The topological polar surface area (TPSA) is 107 Å². The third-order valence-electron chi connectivity index (χ3n) is 6.82. The number of anilines is 1. The van der Waals surface area contributed by atoms with Crippen LogP contribution in [-0.4, -0.2) is 82.8 Å². The van der Waals surface area contributed by atoms with Crippen molar-refractivity contribution in [2.24, 2.45) is 0 Å². The number of carbonyl (C=O) groups is 3. The van der Waals surface area contributed by atoms with E-state index in [0.29, 0.717) is 39.0 Å². The first-order chi connectivity index (χ1) is 14.8. The van der Waals surface area contributed by atoms with Crippen LogP contribution in [0.1, 0.15) is 32.1 Å². The lowest BCUT2D eigenvalue weighted by atomic mass is 9.81. The van der Waals surface area contributed by atoms with Gasteiger partial charge in [0.2, 0.25) is 5.91 Å². The van der Waals surface area contributed by atoms with E-state index in [1.165, 1.54) is 17.0 Å². The molecule has 1 saturated carbocycles. The number of imide groups is 1. The van der Waals surface area contributed by atoms with Crippen molar-refractivity contribution in [3.05, 3.63) is 34.4 Å². The van der Waals surface area contributed by atoms with Crippen molar-refractivity contribution >= 4 is 29.2 Å². The molecule has 0 radical (unpaired) electrons. The zero-order chi connectivity index (χ0) is 22.2. The number of hydrogen-bond donors (Lipinski definition) is 0. The van der Waals surface area contributed by atoms with E-state index in [1.54, 1.807) is 18.0 Å². The normalized spacial score (nSPS) is 21.2. The maximum Gasteiger partial charge on any atom is 0.327 e. The minimum Gasteiger partial charge on any atom is -0.368 e. The molecular weight excluding hydrogens is 402 g/mol. The van der Waals surface area contributed by atoms with Gasteiger partial charge in [-0.2, -0.15) is 0 Å². The van der Waals surface area contributed by atoms with Crippen LogP contribution in [0.4, 0.5) is 16.2 Å². The Kier molecular flexibility index (Phi) is 5.55. The average molecular weight is 429 g/mol. The lowest BCUT2D eigenvalue weighted by Crippen LogP contribution is -2.52. The SMILES string of the molecule is CN1C(=O)N(CC(=O)N2CCN(c3cccc([N+](=O)[O-])c3)CC2)C(=O)C12CCCCC2. The molecule has 3 aliphatic rings. The molecule has 166 valence electrons. The second-order valence-electron chi connectivity index (χ2n) is 8.47. The van der Waals surface area contributed by atoms with Crippen LogP contribution in [0.15, 0.2) is 24.3 Å². The van der Waals surface area contributed by atoms with E-state index >= 15 is 0 Å². The zero-order valence-electron chi connectivity index (χ0n) is 17.7. The van der Waals surface area contributed by atoms with Crippen LogP contribution in [0.5, 0.6) is 0 Å². The monoisotopic (exact) mass is 429 g/mol. The Morgan fingerprint density at radius 1 is 1.10 bits per heavy atom. The summed E-state index contributed by atoms with van der Waals surface area (Å²) in [6.45, 7) is 1.68. The van der Waals surface area contributed by atoms with E-state index in [0.717, 1.165) is 29.8 Å². The summed E-state index contributed by atoms with van der Waals surface area (Å²) >= 11 is 0. The largest absolute Gasteiger partial charge is 0.368 e. The van der Waals surface area contributed by atoms with Crippen molar-refractivity contribution in [2.75, 3.05) is 44.7 Å². The maximum absolute atomic E-state index is 13.1.